The monoisotopic (exact) mass is 275 g/mol. The van der Waals surface area contributed by atoms with Crippen molar-refractivity contribution in [2.75, 3.05) is 25.0 Å². The number of hydrogen-bond donors (Lipinski definition) is 2. The normalized spacial score (nSPS) is 26.1. The molecule has 1 amide bonds. The van der Waals surface area contributed by atoms with Crippen LogP contribution < -0.4 is 15.5 Å². The minimum atomic E-state index is 0.201. The van der Waals surface area contributed by atoms with Crippen molar-refractivity contribution in [2.24, 2.45) is 5.92 Å². The summed E-state index contributed by atoms with van der Waals surface area (Å²) in [6, 6.07) is 0.344. The van der Waals surface area contributed by atoms with Crippen LogP contribution >= 0.6 is 0 Å². The molecule has 0 spiro atoms. The molecule has 3 heterocycles. The van der Waals surface area contributed by atoms with Crippen LogP contribution in [0.3, 0.4) is 0 Å². The molecule has 2 aliphatic heterocycles. The van der Waals surface area contributed by atoms with Gasteiger partial charge >= 0.3 is 0 Å². The van der Waals surface area contributed by atoms with Gasteiger partial charge in [-0.2, -0.15) is 0 Å². The number of nitrogens with one attached hydrogen (secondary N) is 2. The molecule has 2 unspecified atom stereocenters. The molecule has 2 atom stereocenters. The fraction of sp³-hybridized carbons (Fsp3) is 0.643. The van der Waals surface area contributed by atoms with E-state index < -0.39 is 0 Å². The average molecular weight is 275 g/mol. The highest BCUT2D eigenvalue weighted by Gasteiger charge is 2.34. The zero-order chi connectivity index (χ0) is 13.9. The zero-order valence-electron chi connectivity index (χ0n) is 11.8. The number of piperidine rings is 2. The van der Waals surface area contributed by atoms with Gasteiger partial charge < -0.3 is 15.5 Å². The summed E-state index contributed by atoms with van der Waals surface area (Å²) < 4.78 is 0. The van der Waals surface area contributed by atoms with Crippen LogP contribution in [0.2, 0.25) is 0 Å². The third kappa shape index (κ3) is 2.75. The van der Waals surface area contributed by atoms with E-state index in [0.717, 1.165) is 44.0 Å². The van der Waals surface area contributed by atoms with E-state index in [1.54, 1.807) is 0 Å². The quantitative estimate of drug-likeness (QED) is 0.830. The predicted molar refractivity (Wildman–Crippen MR) is 76.3 cm³/mol. The fourth-order valence-corrected chi connectivity index (χ4v) is 3.10. The number of hydrogen-bond acceptors (Lipinski definition) is 5. The molecule has 1 aromatic heterocycles. The Morgan fingerprint density at radius 1 is 1.40 bits per heavy atom. The first-order valence-corrected chi connectivity index (χ1v) is 7.26. The Kier molecular flexibility index (Phi) is 3.82. The molecule has 108 valence electrons. The maximum absolute atomic E-state index is 11.4. The Hall–Kier alpha value is -1.69. The highest BCUT2D eigenvalue weighted by molar-refractivity contribution is 5.77. The Morgan fingerprint density at radius 3 is 2.95 bits per heavy atom. The van der Waals surface area contributed by atoms with Crippen molar-refractivity contribution in [1.82, 2.24) is 20.6 Å². The summed E-state index contributed by atoms with van der Waals surface area (Å²) in [5.41, 5.74) is 1.09. The number of nitrogens with zero attached hydrogens (tertiary/aromatic N) is 3. The molecule has 1 aromatic rings. The lowest BCUT2D eigenvalue weighted by atomic mass is 9.85. The van der Waals surface area contributed by atoms with Crippen LogP contribution in [0.1, 0.15) is 24.8 Å². The number of carbonyl (C=O) groups is 1. The molecule has 20 heavy (non-hydrogen) atoms. The minimum Gasteiger partial charge on any atom is -0.353 e. The summed E-state index contributed by atoms with van der Waals surface area (Å²) in [5.74, 6) is 1.54. The van der Waals surface area contributed by atoms with Gasteiger partial charge in [-0.1, -0.05) is 0 Å². The first kappa shape index (κ1) is 13.3. The molecule has 2 aliphatic rings. The number of carbonyl (C=O) groups excluding carboxylic acids is 1. The lowest BCUT2D eigenvalue weighted by Gasteiger charge is -2.41. The molecule has 2 saturated heterocycles. The van der Waals surface area contributed by atoms with E-state index in [0.29, 0.717) is 18.4 Å². The SMILES string of the molecule is CNCc1cnc(N2CCC3NC(=O)CCC3C2)nc1. The maximum Gasteiger partial charge on any atom is 0.225 e. The van der Waals surface area contributed by atoms with Crippen molar-refractivity contribution in [3.05, 3.63) is 18.0 Å². The van der Waals surface area contributed by atoms with E-state index in [-0.39, 0.29) is 5.91 Å². The van der Waals surface area contributed by atoms with Gasteiger partial charge in [0.2, 0.25) is 11.9 Å². The van der Waals surface area contributed by atoms with Gasteiger partial charge in [0.05, 0.1) is 0 Å². The van der Waals surface area contributed by atoms with Gasteiger partial charge in [-0.25, -0.2) is 9.97 Å². The van der Waals surface area contributed by atoms with Crippen LogP contribution in [-0.2, 0) is 11.3 Å². The van der Waals surface area contributed by atoms with E-state index in [1.165, 1.54) is 0 Å². The lowest BCUT2D eigenvalue weighted by Crippen LogP contribution is -2.54. The molecule has 0 radical (unpaired) electrons. The summed E-state index contributed by atoms with van der Waals surface area (Å²) in [5, 5.41) is 6.19. The highest BCUT2D eigenvalue weighted by Crippen LogP contribution is 2.27. The summed E-state index contributed by atoms with van der Waals surface area (Å²) in [6.07, 6.45) is 6.38. The molecule has 6 nitrogen and oxygen atoms in total. The second kappa shape index (κ2) is 5.75. The van der Waals surface area contributed by atoms with Gasteiger partial charge in [-0.15, -0.1) is 0 Å². The van der Waals surface area contributed by atoms with E-state index in [1.807, 2.05) is 19.4 Å². The van der Waals surface area contributed by atoms with Crippen molar-refractivity contribution in [2.45, 2.75) is 31.8 Å². The molecule has 2 fully saturated rings. The molecule has 0 aromatic carbocycles. The van der Waals surface area contributed by atoms with Crippen molar-refractivity contribution in [3.63, 3.8) is 0 Å². The molecular formula is C14H21N5O. The number of fused-ring (bicyclic) bond motifs is 1. The Balaban J connectivity index is 1.65. The summed E-state index contributed by atoms with van der Waals surface area (Å²) in [7, 11) is 1.91. The molecule has 2 N–H and O–H groups in total. The minimum absolute atomic E-state index is 0.201. The molecule has 0 bridgehead atoms. The van der Waals surface area contributed by atoms with E-state index in [9.17, 15) is 4.79 Å². The standard InChI is InChI=1S/C14H21N5O/c1-15-6-10-7-16-14(17-8-10)19-5-4-12-11(9-19)2-3-13(20)18-12/h7-8,11-12,15H,2-6,9H2,1H3,(H,18,20). The molecule has 6 heteroatoms. The van der Waals surface area contributed by atoms with E-state index in [2.05, 4.69) is 25.5 Å². The Labute approximate surface area is 119 Å². The third-order valence-electron chi connectivity index (χ3n) is 4.18. The maximum atomic E-state index is 11.4. The first-order chi connectivity index (χ1) is 9.76. The molecule has 0 saturated carbocycles. The second-order valence-corrected chi connectivity index (χ2v) is 5.63. The fourth-order valence-electron chi connectivity index (χ4n) is 3.10. The number of amides is 1. The predicted octanol–water partition coefficient (Wildman–Crippen LogP) is 0.301. The number of aromatic nitrogens is 2. The summed E-state index contributed by atoms with van der Waals surface area (Å²) in [6.45, 7) is 2.64. The van der Waals surface area contributed by atoms with Gasteiger partial charge in [0, 0.05) is 50.1 Å². The van der Waals surface area contributed by atoms with Crippen LogP contribution in [0, 0.1) is 5.92 Å². The topological polar surface area (TPSA) is 70.2 Å². The van der Waals surface area contributed by atoms with Crippen molar-refractivity contribution >= 4 is 11.9 Å². The van der Waals surface area contributed by atoms with Crippen LogP contribution in [0.4, 0.5) is 5.95 Å². The number of rotatable bonds is 3. The van der Waals surface area contributed by atoms with Crippen LogP contribution in [0.25, 0.3) is 0 Å². The second-order valence-electron chi connectivity index (χ2n) is 5.63. The molecule has 3 rings (SSSR count). The van der Waals surface area contributed by atoms with Crippen molar-refractivity contribution in [1.29, 1.82) is 0 Å². The molecular weight excluding hydrogens is 254 g/mol. The van der Waals surface area contributed by atoms with Gasteiger partial charge in [-0.3, -0.25) is 4.79 Å². The van der Waals surface area contributed by atoms with Crippen LogP contribution in [0.15, 0.2) is 12.4 Å². The van der Waals surface area contributed by atoms with Gasteiger partial charge in [0.25, 0.3) is 0 Å². The van der Waals surface area contributed by atoms with Crippen molar-refractivity contribution < 1.29 is 4.79 Å². The summed E-state index contributed by atoms with van der Waals surface area (Å²) >= 11 is 0. The van der Waals surface area contributed by atoms with Gasteiger partial charge in [-0.05, 0) is 25.8 Å². The third-order valence-corrected chi connectivity index (χ3v) is 4.18. The molecule has 0 aliphatic carbocycles. The smallest absolute Gasteiger partial charge is 0.225 e. The highest BCUT2D eigenvalue weighted by atomic mass is 16.1. The van der Waals surface area contributed by atoms with E-state index in [4.69, 9.17) is 0 Å². The summed E-state index contributed by atoms with van der Waals surface area (Å²) in [4.78, 5) is 22.6. The first-order valence-electron chi connectivity index (χ1n) is 7.26. The van der Waals surface area contributed by atoms with Gasteiger partial charge in [0.1, 0.15) is 0 Å². The van der Waals surface area contributed by atoms with Crippen molar-refractivity contribution in [3.8, 4) is 0 Å². The van der Waals surface area contributed by atoms with Crippen LogP contribution in [0.5, 0.6) is 0 Å². The number of anilines is 1. The van der Waals surface area contributed by atoms with Gasteiger partial charge in [0.15, 0.2) is 0 Å². The zero-order valence-corrected chi connectivity index (χ0v) is 11.8. The Bertz CT molecular complexity index is 475. The Morgan fingerprint density at radius 2 is 2.20 bits per heavy atom. The largest absolute Gasteiger partial charge is 0.353 e. The average Bonchev–Trinajstić information content (AvgIpc) is 2.48. The lowest BCUT2D eigenvalue weighted by molar-refractivity contribution is -0.124. The van der Waals surface area contributed by atoms with E-state index >= 15 is 0 Å². The van der Waals surface area contributed by atoms with Crippen LogP contribution in [-0.4, -0.2) is 42.1 Å².